The van der Waals surface area contributed by atoms with Crippen molar-refractivity contribution < 1.29 is 15.0 Å². The molecule has 0 radical (unpaired) electrons. The van der Waals surface area contributed by atoms with E-state index in [4.69, 9.17) is 0 Å². The molecule has 1 atom stereocenters. The summed E-state index contributed by atoms with van der Waals surface area (Å²) in [5.74, 6) is -0.883. The van der Waals surface area contributed by atoms with E-state index >= 15 is 0 Å². The molecular weight excluding hydrogens is 194 g/mol. The number of phenols is 2. The number of rotatable bonds is 3. The van der Waals surface area contributed by atoms with Crippen LogP contribution in [0.4, 0.5) is 0 Å². The van der Waals surface area contributed by atoms with E-state index in [1.54, 1.807) is 0 Å². The fraction of sp³-hybridized carbons (Fsp3) is 0.364. The molecule has 1 rings (SSSR count). The van der Waals surface area contributed by atoms with Gasteiger partial charge >= 0.3 is 0 Å². The van der Waals surface area contributed by atoms with Gasteiger partial charge in [0, 0.05) is 6.04 Å². The molecule has 4 nitrogen and oxygen atoms in total. The number of hydrogen-bond acceptors (Lipinski definition) is 3. The Morgan fingerprint density at radius 1 is 1.40 bits per heavy atom. The molecule has 0 saturated carbocycles. The van der Waals surface area contributed by atoms with Crippen LogP contribution in [0.25, 0.3) is 0 Å². The highest BCUT2D eigenvalue weighted by Crippen LogP contribution is 2.25. The Morgan fingerprint density at radius 2 is 1.93 bits per heavy atom. The fourth-order valence-corrected chi connectivity index (χ4v) is 1.16. The van der Waals surface area contributed by atoms with Crippen molar-refractivity contribution in [1.29, 1.82) is 0 Å². The highest BCUT2D eigenvalue weighted by Gasteiger charge is 2.16. The molecule has 0 fully saturated rings. The van der Waals surface area contributed by atoms with Gasteiger partial charge in [-0.15, -0.1) is 0 Å². The molecule has 0 saturated heterocycles. The second-order valence-electron chi connectivity index (χ2n) is 3.45. The summed E-state index contributed by atoms with van der Waals surface area (Å²) in [6.45, 7) is 3.80. The summed E-state index contributed by atoms with van der Waals surface area (Å²) in [6, 6.07) is 4.22. The lowest BCUT2D eigenvalue weighted by Crippen LogP contribution is -2.31. The molecule has 0 aliphatic rings. The van der Waals surface area contributed by atoms with Crippen molar-refractivity contribution in [3.63, 3.8) is 0 Å². The predicted octanol–water partition coefficient (Wildman–Crippen LogP) is 1.63. The number of carbonyl (C=O) groups excluding carboxylic acids is 1. The van der Waals surface area contributed by atoms with Crippen molar-refractivity contribution in [2.45, 2.75) is 26.3 Å². The first kappa shape index (κ1) is 11.4. The summed E-state index contributed by atoms with van der Waals surface area (Å²) in [5, 5.41) is 21.5. The molecule has 1 amide bonds. The van der Waals surface area contributed by atoms with Gasteiger partial charge in [-0.05, 0) is 25.5 Å². The Kier molecular flexibility index (Phi) is 3.55. The van der Waals surface area contributed by atoms with Gasteiger partial charge in [-0.2, -0.15) is 0 Å². The molecule has 1 aromatic rings. The molecule has 3 N–H and O–H groups in total. The average molecular weight is 209 g/mol. The van der Waals surface area contributed by atoms with Gasteiger partial charge in [-0.3, -0.25) is 4.79 Å². The Labute approximate surface area is 88.6 Å². The zero-order valence-electron chi connectivity index (χ0n) is 8.82. The lowest BCUT2D eigenvalue weighted by molar-refractivity contribution is 0.0934. The molecule has 0 aliphatic heterocycles. The van der Waals surface area contributed by atoms with Crippen molar-refractivity contribution in [3.8, 4) is 11.5 Å². The lowest BCUT2D eigenvalue weighted by atomic mass is 10.1. The molecule has 82 valence electrons. The molecule has 1 unspecified atom stereocenters. The van der Waals surface area contributed by atoms with Crippen molar-refractivity contribution in [2.24, 2.45) is 0 Å². The molecular formula is C11H15NO3. The summed E-state index contributed by atoms with van der Waals surface area (Å²) < 4.78 is 0. The fourth-order valence-electron chi connectivity index (χ4n) is 1.16. The first-order valence-corrected chi connectivity index (χ1v) is 4.88. The Morgan fingerprint density at radius 3 is 2.40 bits per heavy atom. The van der Waals surface area contributed by atoms with Crippen LogP contribution in [-0.2, 0) is 0 Å². The molecule has 15 heavy (non-hydrogen) atoms. The monoisotopic (exact) mass is 209 g/mol. The number of nitrogens with one attached hydrogen (secondary N) is 1. The Hall–Kier alpha value is -1.71. The van der Waals surface area contributed by atoms with E-state index in [9.17, 15) is 15.0 Å². The summed E-state index contributed by atoms with van der Waals surface area (Å²) in [7, 11) is 0. The summed E-state index contributed by atoms with van der Waals surface area (Å²) >= 11 is 0. The van der Waals surface area contributed by atoms with E-state index < -0.39 is 5.91 Å². The molecule has 0 bridgehead atoms. The van der Waals surface area contributed by atoms with Gasteiger partial charge in [0.05, 0.1) is 0 Å². The van der Waals surface area contributed by atoms with Crippen molar-refractivity contribution in [3.05, 3.63) is 23.8 Å². The van der Waals surface area contributed by atoms with Crippen LogP contribution < -0.4 is 5.32 Å². The Bertz CT molecular complexity index is 343. The number of carbonyl (C=O) groups is 1. The van der Waals surface area contributed by atoms with Crippen LogP contribution in [0.3, 0.4) is 0 Å². The number of aromatic hydroxyl groups is 2. The van der Waals surface area contributed by atoms with Crippen molar-refractivity contribution in [1.82, 2.24) is 5.32 Å². The maximum atomic E-state index is 11.6. The molecule has 0 aromatic heterocycles. The van der Waals surface area contributed by atoms with Crippen LogP contribution >= 0.6 is 0 Å². The number of amides is 1. The first-order chi connectivity index (χ1) is 7.06. The first-order valence-electron chi connectivity index (χ1n) is 4.88. The van der Waals surface area contributed by atoms with Crippen molar-refractivity contribution in [2.75, 3.05) is 0 Å². The summed E-state index contributed by atoms with van der Waals surface area (Å²) in [4.78, 5) is 11.6. The minimum atomic E-state index is -0.458. The quantitative estimate of drug-likeness (QED) is 0.708. The van der Waals surface area contributed by atoms with E-state index in [0.717, 1.165) is 6.42 Å². The normalized spacial score (nSPS) is 12.1. The molecule has 0 aliphatic carbocycles. The standard InChI is InChI=1S/C11H15NO3/c1-3-7(2)12-11(15)10-8(13)5-4-6-9(10)14/h4-7,13-14H,3H2,1-2H3,(H,12,15). The molecule has 0 heterocycles. The van der Waals surface area contributed by atoms with E-state index in [2.05, 4.69) is 5.32 Å². The van der Waals surface area contributed by atoms with Gasteiger partial charge < -0.3 is 15.5 Å². The third-order valence-corrected chi connectivity index (χ3v) is 2.24. The zero-order valence-corrected chi connectivity index (χ0v) is 8.82. The number of phenolic OH excluding ortho intramolecular Hbond substituents is 2. The molecule has 0 spiro atoms. The van der Waals surface area contributed by atoms with Crippen molar-refractivity contribution >= 4 is 5.91 Å². The Balaban J connectivity index is 2.91. The van der Waals surface area contributed by atoms with Gasteiger partial charge in [0.15, 0.2) is 0 Å². The van der Waals surface area contributed by atoms with Crippen LogP contribution in [0.2, 0.25) is 0 Å². The maximum absolute atomic E-state index is 11.6. The number of hydrogen-bond donors (Lipinski definition) is 3. The predicted molar refractivity (Wildman–Crippen MR) is 57.0 cm³/mol. The van der Waals surface area contributed by atoms with E-state index in [-0.39, 0.29) is 23.1 Å². The second kappa shape index (κ2) is 4.68. The zero-order chi connectivity index (χ0) is 11.4. The van der Waals surface area contributed by atoms with Gasteiger partial charge in [0.25, 0.3) is 5.91 Å². The topological polar surface area (TPSA) is 69.6 Å². The SMILES string of the molecule is CCC(C)NC(=O)c1c(O)cccc1O. The van der Waals surface area contributed by atoms with Crippen LogP contribution in [0.15, 0.2) is 18.2 Å². The minimum absolute atomic E-state index is 0.0107. The highest BCUT2D eigenvalue weighted by atomic mass is 16.3. The second-order valence-corrected chi connectivity index (χ2v) is 3.45. The smallest absolute Gasteiger partial charge is 0.259 e. The summed E-state index contributed by atoms with van der Waals surface area (Å²) in [6.07, 6.45) is 0.792. The number of benzene rings is 1. The van der Waals surface area contributed by atoms with Gasteiger partial charge in [0.2, 0.25) is 0 Å². The summed E-state index contributed by atoms with van der Waals surface area (Å²) in [5.41, 5.74) is -0.0715. The van der Waals surface area contributed by atoms with E-state index in [1.807, 2.05) is 13.8 Å². The minimum Gasteiger partial charge on any atom is -0.507 e. The highest BCUT2D eigenvalue weighted by molar-refractivity contribution is 5.99. The maximum Gasteiger partial charge on any atom is 0.259 e. The van der Waals surface area contributed by atoms with E-state index in [1.165, 1.54) is 18.2 Å². The molecule has 4 heteroatoms. The molecule has 1 aromatic carbocycles. The largest absolute Gasteiger partial charge is 0.507 e. The van der Waals surface area contributed by atoms with Crippen LogP contribution in [-0.4, -0.2) is 22.2 Å². The van der Waals surface area contributed by atoms with Gasteiger partial charge in [-0.1, -0.05) is 13.0 Å². The van der Waals surface area contributed by atoms with Crippen LogP contribution in [0.1, 0.15) is 30.6 Å². The van der Waals surface area contributed by atoms with Gasteiger partial charge in [0.1, 0.15) is 17.1 Å². The average Bonchev–Trinajstić information content (AvgIpc) is 2.17. The van der Waals surface area contributed by atoms with Gasteiger partial charge in [-0.25, -0.2) is 0 Å². The third kappa shape index (κ3) is 2.62. The van der Waals surface area contributed by atoms with E-state index in [0.29, 0.717) is 0 Å². The van der Waals surface area contributed by atoms with Crippen LogP contribution in [0.5, 0.6) is 11.5 Å². The van der Waals surface area contributed by atoms with Crippen LogP contribution in [0, 0.1) is 0 Å². The lowest BCUT2D eigenvalue weighted by Gasteiger charge is -2.12. The third-order valence-electron chi connectivity index (χ3n) is 2.24.